The molecular weight excluding hydrogens is 812 g/mol. The standard InChI is InChI=1S/C44H58ClFN5O8P/c1-5-6-7-8-9-10-11-12-13-14-15-18-34(53-27-32-23-31(26-47)24-33(46)25-32)28-54-60(52,59-38-20-17-16-19-35(38)45)55-29-44(4)41-40(56-43(2,3)58-41)39(57-44)36-21-22-37-42(48)49-30-50-51(36)37/h16-17,19-25,30,34,39-41H,5-15,18,27-29H2,1-4H3,(H2,48,49,50)/t34-,39-,40-,41-,44+,60?/m0/s1. The fourth-order valence-corrected chi connectivity index (χ4v) is 9.39. The molecule has 0 radical (unpaired) electrons. The lowest BCUT2D eigenvalue weighted by Crippen LogP contribution is -2.44. The summed E-state index contributed by atoms with van der Waals surface area (Å²) in [5, 5.41) is 14.0. The average molecular weight is 870 g/mol. The third kappa shape index (κ3) is 12.0. The van der Waals surface area contributed by atoms with E-state index in [1.165, 1.54) is 63.4 Å². The molecule has 16 heteroatoms. The highest BCUT2D eigenvalue weighted by Crippen LogP contribution is 2.55. The van der Waals surface area contributed by atoms with Crippen LogP contribution in [0.15, 0.2) is 60.9 Å². The summed E-state index contributed by atoms with van der Waals surface area (Å²) in [6.45, 7) is 7.18. The van der Waals surface area contributed by atoms with Crippen LogP contribution in [0.1, 0.15) is 128 Å². The van der Waals surface area contributed by atoms with Gasteiger partial charge in [-0.15, -0.1) is 0 Å². The van der Waals surface area contributed by atoms with Crippen molar-refractivity contribution in [1.29, 1.82) is 5.26 Å². The molecule has 0 spiro atoms. The van der Waals surface area contributed by atoms with Gasteiger partial charge in [-0.25, -0.2) is 18.5 Å². The number of anilines is 1. The van der Waals surface area contributed by atoms with Crippen LogP contribution < -0.4 is 10.3 Å². The number of fused-ring (bicyclic) bond motifs is 2. The zero-order valence-corrected chi connectivity index (χ0v) is 36.7. The molecule has 2 aromatic heterocycles. The molecule has 4 heterocycles. The molecule has 326 valence electrons. The molecule has 2 saturated heterocycles. The van der Waals surface area contributed by atoms with E-state index in [-0.39, 0.29) is 36.2 Å². The maximum absolute atomic E-state index is 14.8. The maximum atomic E-state index is 14.8. The predicted molar refractivity (Wildman–Crippen MR) is 226 cm³/mol. The molecule has 0 aliphatic carbocycles. The van der Waals surface area contributed by atoms with Gasteiger partial charge in [-0.05, 0) is 75.2 Å². The fourth-order valence-electron chi connectivity index (χ4n) is 7.81. The van der Waals surface area contributed by atoms with E-state index in [1.54, 1.807) is 47.8 Å². The van der Waals surface area contributed by atoms with E-state index in [0.29, 0.717) is 29.0 Å². The number of halogens is 2. The number of nitrogen functional groups attached to an aromatic ring is 1. The number of nitriles is 1. The van der Waals surface area contributed by atoms with Crippen molar-refractivity contribution < 1.29 is 41.5 Å². The van der Waals surface area contributed by atoms with Crippen LogP contribution in [-0.4, -0.2) is 57.5 Å². The number of benzene rings is 2. The largest absolute Gasteiger partial charge is 0.530 e. The molecule has 2 aliphatic heterocycles. The van der Waals surface area contributed by atoms with E-state index in [4.69, 9.17) is 49.9 Å². The number of unbranched alkanes of at least 4 members (excludes halogenated alkanes) is 10. The van der Waals surface area contributed by atoms with Crippen LogP contribution in [0.4, 0.5) is 10.2 Å². The summed E-state index contributed by atoms with van der Waals surface area (Å²) in [6.07, 6.45) is 12.3. The van der Waals surface area contributed by atoms with Gasteiger partial charge in [0.05, 0.1) is 48.3 Å². The number of phosphoric acid groups is 1. The van der Waals surface area contributed by atoms with Crippen molar-refractivity contribution >= 4 is 30.8 Å². The maximum Gasteiger partial charge on any atom is 0.530 e. The molecule has 2 aromatic carbocycles. The van der Waals surface area contributed by atoms with Crippen molar-refractivity contribution in [2.24, 2.45) is 0 Å². The lowest BCUT2D eigenvalue weighted by molar-refractivity contribution is -0.212. The Morgan fingerprint density at radius 1 is 0.967 bits per heavy atom. The summed E-state index contributed by atoms with van der Waals surface area (Å²) in [5.74, 6) is -1.10. The summed E-state index contributed by atoms with van der Waals surface area (Å²) in [6, 6.07) is 16.3. The Morgan fingerprint density at radius 3 is 2.40 bits per heavy atom. The van der Waals surface area contributed by atoms with Crippen molar-refractivity contribution in [2.45, 2.75) is 147 Å². The first-order chi connectivity index (χ1) is 28.8. The Bertz CT molecular complexity index is 2120. The second-order valence-corrected chi connectivity index (χ2v) is 18.3. The zero-order valence-electron chi connectivity index (χ0n) is 35.0. The summed E-state index contributed by atoms with van der Waals surface area (Å²) in [4.78, 5) is 4.10. The number of rotatable bonds is 24. The molecule has 6 atom stereocenters. The normalized spacial score (nSPS) is 22.4. The van der Waals surface area contributed by atoms with E-state index >= 15 is 0 Å². The number of nitrogens with two attached hydrogens (primary N) is 1. The van der Waals surface area contributed by atoms with Crippen LogP contribution >= 0.6 is 19.4 Å². The molecule has 0 bridgehead atoms. The van der Waals surface area contributed by atoms with E-state index in [9.17, 15) is 14.2 Å². The molecule has 2 aliphatic rings. The van der Waals surface area contributed by atoms with Gasteiger partial charge in [0.15, 0.2) is 11.6 Å². The second-order valence-electron chi connectivity index (χ2n) is 16.3. The highest BCUT2D eigenvalue weighted by Gasteiger charge is 2.62. The second kappa shape index (κ2) is 21.0. The van der Waals surface area contributed by atoms with Crippen LogP contribution in [0.5, 0.6) is 5.75 Å². The van der Waals surface area contributed by atoms with Gasteiger partial charge < -0.3 is 29.2 Å². The molecule has 13 nitrogen and oxygen atoms in total. The molecule has 4 aromatic rings. The SMILES string of the molecule is CCCCCCCCCCCCC[C@@H](COP(=O)(OC[C@@]1(C)O[C@@H](c2ccc3c(N)ncnn23)[C@@H]2OC(C)(C)O[C@@H]21)Oc1ccccc1Cl)OCc1cc(F)cc(C#N)c1. The number of aromatic nitrogens is 3. The summed E-state index contributed by atoms with van der Waals surface area (Å²) in [5.41, 5.74) is 6.85. The molecule has 60 heavy (non-hydrogen) atoms. The average Bonchev–Trinajstić information content (AvgIpc) is 3.88. The fraction of sp³-hybridized carbons (Fsp3) is 0.568. The Kier molecular flexibility index (Phi) is 16.0. The van der Waals surface area contributed by atoms with Gasteiger partial charge in [0, 0.05) is 0 Å². The number of nitrogens with zero attached hydrogens (tertiary/aromatic N) is 4. The zero-order chi connectivity index (χ0) is 42.8. The summed E-state index contributed by atoms with van der Waals surface area (Å²) in [7, 11) is -4.48. The Morgan fingerprint density at radius 2 is 1.68 bits per heavy atom. The summed E-state index contributed by atoms with van der Waals surface area (Å²) >= 11 is 6.48. The minimum atomic E-state index is -4.48. The molecule has 0 saturated carbocycles. The molecule has 6 rings (SSSR count). The van der Waals surface area contributed by atoms with Crippen LogP contribution in [0, 0.1) is 17.1 Å². The summed E-state index contributed by atoms with van der Waals surface area (Å²) < 4.78 is 74.9. The van der Waals surface area contributed by atoms with Gasteiger partial charge in [-0.2, -0.15) is 10.4 Å². The minimum absolute atomic E-state index is 0.00348. The number of ether oxygens (including phenoxy) is 4. The predicted octanol–water partition coefficient (Wildman–Crippen LogP) is 10.8. The first-order valence-corrected chi connectivity index (χ1v) is 22.9. The quantitative estimate of drug-likeness (QED) is 0.0525. The van der Waals surface area contributed by atoms with Gasteiger partial charge in [0.25, 0.3) is 0 Å². The molecule has 0 amide bonds. The van der Waals surface area contributed by atoms with E-state index < -0.39 is 49.4 Å². The highest BCUT2D eigenvalue weighted by molar-refractivity contribution is 7.49. The van der Waals surface area contributed by atoms with E-state index in [0.717, 1.165) is 25.7 Å². The lowest BCUT2D eigenvalue weighted by Gasteiger charge is -2.32. The number of hydrogen-bond acceptors (Lipinski definition) is 12. The molecule has 1 unspecified atom stereocenters. The van der Waals surface area contributed by atoms with Gasteiger partial charge in [-0.3, -0.25) is 9.05 Å². The third-order valence-electron chi connectivity index (χ3n) is 10.9. The third-order valence-corrected chi connectivity index (χ3v) is 12.5. The Balaban J connectivity index is 1.16. The van der Waals surface area contributed by atoms with E-state index in [2.05, 4.69) is 17.0 Å². The Hall–Kier alpha value is -3.64. The smallest absolute Gasteiger partial charge is 0.402 e. The van der Waals surface area contributed by atoms with Crippen molar-refractivity contribution in [2.75, 3.05) is 18.9 Å². The minimum Gasteiger partial charge on any atom is -0.402 e. The van der Waals surface area contributed by atoms with Crippen LogP contribution in [0.2, 0.25) is 5.02 Å². The first-order valence-electron chi connectivity index (χ1n) is 21.1. The Labute approximate surface area is 357 Å². The van der Waals surface area contributed by atoms with Crippen molar-refractivity contribution in [3.63, 3.8) is 0 Å². The lowest BCUT2D eigenvalue weighted by atomic mass is 9.97. The van der Waals surface area contributed by atoms with Crippen molar-refractivity contribution in [3.8, 4) is 11.8 Å². The highest BCUT2D eigenvalue weighted by atomic mass is 35.5. The van der Waals surface area contributed by atoms with Gasteiger partial charge in [0.2, 0.25) is 0 Å². The van der Waals surface area contributed by atoms with Gasteiger partial charge >= 0.3 is 7.82 Å². The number of para-hydroxylation sites is 1. The number of phosphoric ester groups is 1. The number of hydrogen-bond donors (Lipinski definition) is 1. The van der Waals surface area contributed by atoms with E-state index in [1.807, 2.05) is 26.0 Å². The molecule has 2 fully saturated rings. The van der Waals surface area contributed by atoms with Crippen LogP contribution in [-0.2, 0) is 39.2 Å². The molecule has 2 N–H and O–H groups in total. The van der Waals surface area contributed by atoms with Crippen molar-refractivity contribution in [1.82, 2.24) is 14.6 Å². The van der Waals surface area contributed by atoms with Gasteiger partial charge in [-0.1, -0.05) is 101 Å². The topological polar surface area (TPSA) is 162 Å². The first kappa shape index (κ1) is 45.9. The van der Waals surface area contributed by atoms with Gasteiger partial charge in [0.1, 0.15) is 47.3 Å². The van der Waals surface area contributed by atoms with Crippen LogP contribution in [0.25, 0.3) is 5.52 Å². The van der Waals surface area contributed by atoms with Crippen molar-refractivity contribution in [3.05, 3.63) is 88.6 Å². The monoisotopic (exact) mass is 869 g/mol. The molecular formula is C44H58ClFN5O8P. The van der Waals surface area contributed by atoms with Crippen LogP contribution in [0.3, 0.4) is 0 Å².